The molecule has 0 aliphatic carbocycles. The van der Waals surface area contributed by atoms with Crippen LogP contribution < -0.4 is 10.2 Å². The zero-order valence-corrected chi connectivity index (χ0v) is 13.9. The number of hydrogen-bond acceptors (Lipinski definition) is 6. The molecule has 0 unspecified atom stereocenters. The second kappa shape index (κ2) is 7.53. The van der Waals surface area contributed by atoms with Crippen LogP contribution in [0.2, 0.25) is 0 Å². The Kier molecular flexibility index (Phi) is 5.72. The van der Waals surface area contributed by atoms with E-state index < -0.39 is 0 Å². The standard InChI is InChI=1S/C14H23N5OS/c1-11-12(9-15-6-8-20-4)21-14(17-11)19(3)10-13-16-5-7-18(13)2/h5,7,15H,6,8-10H2,1-4H3. The van der Waals surface area contributed by atoms with Gasteiger partial charge in [0.05, 0.1) is 18.8 Å². The van der Waals surface area contributed by atoms with Gasteiger partial charge in [-0.15, -0.1) is 11.3 Å². The number of aryl methyl sites for hydroxylation is 2. The predicted octanol–water partition coefficient (Wildman–Crippen LogP) is 1.56. The van der Waals surface area contributed by atoms with Gasteiger partial charge in [-0.25, -0.2) is 9.97 Å². The maximum absolute atomic E-state index is 5.03. The predicted molar refractivity (Wildman–Crippen MR) is 85.7 cm³/mol. The van der Waals surface area contributed by atoms with Gasteiger partial charge < -0.3 is 19.5 Å². The molecule has 2 heterocycles. The Labute approximate surface area is 129 Å². The number of rotatable bonds is 8. The highest BCUT2D eigenvalue weighted by atomic mass is 32.1. The highest BCUT2D eigenvalue weighted by Crippen LogP contribution is 2.26. The van der Waals surface area contributed by atoms with Gasteiger partial charge in [-0.3, -0.25) is 0 Å². The van der Waals surface area contributed by atoms with Crippen LogP contribution in [0.5, 0.6) is 0 Å². The molecule has 2 rings (SSSR count). The molecule has 0 aromatic carbocycles. The van der Waals surface area contributed by atoms with Crippen molar-refractivity contribution in [2.75, 3.05) is 32.2 Å². The molecule has 2 aromatic rings. The van der Waals surface area contributed by atoms with Gasteiger partial charge in [-0.2, -0.15) is 0 Å². The van der Waals surface area contributed by atoms with Gasteiger partial charge in [0.25, 0.3) is 0 Å². The fourth-order valence-electron chi connectivity index (χ4n) is 1.94. The first-order chi connectivity index (χ1) is 10.1. The molecule has 0 saturated carbocycles. The Morgan fingerprint density at radius 2 is 2.29 bits per heavy atom. The van der Waals surface area contributed by atoms with Crippen molar-refractivity contribution in [3.8, 4) is 0 Å². The van der Waals surface area contributed by atoms with Crippen LogP contribution in [0.15, 0.2) is 12.4 Å². The Bertz CT molecular complexity index is 565. The Morgan fingerprint density at radius 3 is 2.95 bits per heavy atom. The van der Waals surface area contributed by atoms with Crippen LogP contribution in [0.1, 0.15) is 16.4 Å². The molecule has 1 N–H and O–H groups in total. The molecule has 0 aliphatic heterocycles. The maximum atomic E-state index is 5.03. The van der Waals surface area contributed by atoms with E-state index in [1.165, 1.54) is 4.88 Å². The van der Waals surface area contributed by atoms with E-state index in [-0.39, 0.29) is 0 Å². The summed E-state index contributed by atoms with van der Waals surface area (Å²) in [5.74, 6) is 1.03. The number of nitrogens with one attached hydrogen (secondary N) is 1. The van der Waals surface area contributed by atoms with Gasteiger partial charge >= 0.3 is 0 Å². The zero-order valence-electron chi connectivity index (χ0n) is 13.1. The summed E-state index contributed by atoms with van der Waals surface area (Å²) in [6.07, 6.45) is 3.78. The smallest absolute Gasteiger partial charge is 0.185 e. The lowest BCUT2D eigenvalue weighted by Crippen LogP contribution is -2.18. The summed E-state index contributed by atoms with van der Waals surface area (Å²) >= 11 is 1.73. The van der Waals surface area contributed by atoms with Crippen LogP contribution in [-0.2, 0) is 24.9 Å². The molecule has 7 heteroatoms. The second-order valence-corrected chi connectivity index (χ2v) is 6.05. The summed E-state index contributed by atoms with van der Waals surface area (Å²) in [6, 6.07) is 0. The summed E-state index contributed by atoms with van der Waals surface area (Å²) in [5, 5.41) is 4.39. The first-order valence-corrected chi connectivity index (χ1v) is 7.76. The number of aromatic nitrogens is 3. The van der Waals surface area contributed by atoms with Crippen LogP contribution >= 0.6 is 11.3 Å². The summed E-state index contributed by atoms with van der Waals surface area (Å²) in [4.78, 5) is 12.4. The molecular formula is C14H23N5OS. The van der Waals surface area contributed by atoms with Crippen molar-refractivity contribution in [2.45, 2.75) is 20.0 Å². The minimum Gasteiger partial charge on any atom is -0.383 e. The fourth-order valence-corrected chi connectivity index (χ4v) is 2.94. The van der Waals surface area contributed by atoms with E-state index >= 15 is 0 Å². The van der Waals surface area contributed by atoms with Gasteiger partial charge in [-0.05, 0) is 6.92 Å². The second-order valence-electron chi connectivity index (χ2n) is 4.99. The number of nitrogens with zero attached hydrogens (tertiary/aromatic N) is 4. The molecule has 0 radical (unpaired) electrons. The maximum Gasteiger partial charge on any atom is 0.185 e. The molecule has 116 valence electrons. The summed E-state index contributed by atoms with van der Waals surface area (Å²) < 4.78 is 7.06. The monoisotopic (exact) mass is 309 g/mol. The Morgan fingerprint density at radius 1 is 1.48 bits per heavy atom. The van der Waals surface area contributed by atoms with E-state index in [2.05, 4.69) is 34.2 Å². The van der Waals surface area contributed by atoms with Crippen molar-refractivity contribution < 1.29 is 4.74 Å². The molecule has 6 nitrogen and oxygen atoms in total. The quantitative estimate of drug-likeness (QED) is 0.750. The molecule has 0 spiro atoms. The molecule has 0 atom stereocenters. The average molecular weight is 309 g/mol. The third kappa shape index (κ3) is 4.26. The molecule has 0 amide bonds. The molecule has 2 aromatic heterocycles. The van der Waals surface area contributed by atoms with Crippen molar-refractivity contribution in [1.82, 2.24) is 19.9 Å². The van der Waals surface area contributed by atoms with Crippen LogP contribution in [-0.4, -0.2) is 41.8 Å². The molecule has 21 heavy (non-hydrogen) atoms. The van der Waals surface area contributed by atoms with Crippen molar-refractivity contribution in [1.29, 1.82) is 0 Å². The highest BCUT2D eigenvalue weighted by Gasteiger charge is 2.12. The molecule has 0 bridgehead atoms. The summed E-state index contributed by atoms with van der Waals surface area (Å²) in [6.45, 7) is 5.23. The Hall–Kier alpha value is -1.44. The van der Waals surface area contributed by atoms with Crippen LogP contribution in [0.25, 0.3) is 0 Å². The van der Waals surface area contributed by atoms with Crippen molar-refractivity contribution in [3.63, 3.8) is 0 Å². The van der Waals surface area contributed by atoms with E-state index in [0.717, 1.165) is 42.9 Å². The molecule has 0 aliphatic rings. The van der Waals surface area contributed by atoms with E-state index in [0.29, 0.717) is 0 Å². The van der Waals surface area contributed by atoms with E-state index in [4.69, 9.17) is 4.74 Å². The number of ether oxygens (including phenoxy) is 1. The third-order valence-corrected chi connectivity index (χ3v) is 4.55. The largest absolute Gasteiger partial charge is 0.383 e. The minimum absolute atomic E-state index is 0.726. The van der Waals surface area contributed by atoms with Gasteiger partial charge in [0.2, 0.25) is 0 Å². The lowest BCUT2D eigenvalue weighted by Gasteiger charge is -2.15. The van der Waals surface area contributed by atoms with Crippen LogP contribution in [0.4, 0.5) is 5.13 Å². The normalized spacial score (nSPS) is 11.0. The van der Waals surface area contributed by atoms with E-state index in [1.807, 2.05) is 24.0 Å². The number of hydrogen-bond donors (Lipinski definition) is 1. The number of imidazole rings is 1. The first-order valence-electron chi connectivity index (χ1n) is 6.95. The van der Waals surface area contributed by atoms with Crippen molar-refractivity contribution >= 4 is 16.5 Å². The van der Waals surface area contributed by atoms with Gasteiger partial charge in [0, 0.05) is 51.6 Å². The third-order valence-electron chi connectivity index (χ3n) is 3.28. The summed E-state index contributed by atoms with van der Waals surface area (Å²) in [5.41, 5.74) is 1.09. The van der Waals surface area contributed by atoms with Crippen LogP contribution in [0, 0.1) is 6.92 Å². The Balaban J connectivity index is 1.95. The number of methoxy groups -OCH3 is 1. The highest BCUT2D eigenvalue weighted by molar-refractivity contribution is 7.15. The van der Waals surface area contributed by atoms with Gasteiger partial charge in [0.15, 0.2) is 5.13 Å². The van der Waals surface area contributed by atoms with Gasteiger partial charge in [-0.1, -0.05) is 0 Å². The summed E-state index contributed by atoms with van der Waals surface area (Å²) in [7, 11) is 5.77. The van der Waals surface area contributed by atoms with E-state index in [1.54, 1.807) is 18.4 Å². The molecular weight excluding hydrogens is 286 g/mol. The lowest BCUT2D eigenvalue weighted by atomic mass is 10.4. The molecule has 0 fully saturated rings. The van der Waals surface area contributed by atoms with E-state index in [9.17, 15) is 0 Å². The number of anilines is 1. The SMILES string of the molecule is COCCNCc1sc(N(C)Cc2nccn2C)nc1C. The molecule has 0 saturated heterocycles. The van der Waals surface area contributed by atoms with Crippen molar-refractivity contribution in [2.24, 2.45) is 7.05 Å². The average Bonchev–Trinajstić information content (AvgIpc) is 3.02. The van der Waals surface area contributed by atoms with Gasteiger partial charge in [0.1, 0.15) is 5.82 Å². The minimum atomic E-state index is 0.726. The van der Waals surface area contributed by atoms with Crippen LogP contribution in [0.3, 0.4) is 0 Å². The zero-order chi connectivity index (χ0) is 15.2. The first kappa shape index (κ1) is 15.9. The topological polar surface area (TPSA) is 55.2 Å². The lowest BCUT2D eigenvalue weighted by molar-refractivity contribution is 0.199. The fraction of sp³-hybridized carbons (Fsp3) is 0.571. The number of thiazole rings is 1. The van der Waals surface area contributed by atoms with Crippen molar-refractivity contribution in [3.05, 3.63) is 28.8 Å².